The SMILES string of the molecule is CCCCCCCCCCCCCCCCCC[C@@H]1CC[P@](=O)(OC)OC(C)=C1C(=O)OC. The van der Waals surface area contributed by atoms with Crippen molar-refractivity contribution in [3.05, 3.63) is 11.3 Å². The highest BCUT2D eigenvalue weighted by Crippen LogP contribution is 2.54. The minimum absolute atomic E-state index is 0.0232. The molecule has 0 amide bonds. The molecule has 1 rings (SSSR count). The first-order chi connectivity index (χ1) is 16.0. The molecular formula is C27H51O5P. The molecule has 0 bridgehead atoms. The summed E-state index contributed by atoms with van der Waals surface area (Å²) in [6, 6.07) is 0. The van der Waals surface area contributed by atoms with Gasteiger partial charge in [0.15, 0.2) is 0 Å². The molecule has 1 aliphatic heterocycles. The Morgan fingerprint density at radius 1 is 0.848 bits per heavy atom. The van der Waals surface area contributed by atoms with Crippen molar-refractivity contribution in [1.82, 2.24) is 0 Å². The van der Waals surface area contributed by atoms with Crippen LogP contribution in [0.2, 0.25) is 0 Å². The van der Waals surface area contributed by atoms with E-state index in [4.69, 9.17) is 13.8 Å². The Bertz CT molecular complexity index is 601. The van der Waals surface area contributed by atoms with E-state index in [0.717, 1.165) is 12.8 Å². The standard InChI is InChI=1S/C27H51O5P/c1-5-6-7-8-9-10-11-12-13-14-15-16-17-18-19-20-21-25-22-23-33(29,31-4)32-24(2)26(25)27(28)30-3/h25H,5-23H2,1-4H3/t25-,33+/m1/s1. The van der Waals surface area contributed by atoms with Gasteiger partial charge in [-0.15, -0.1) is 0 Å². The van der Waals surface area contributed by atoms with Crippen LogP contribution in [0.1, 0.15) is 129 Å². The van der Waals surface area contributed by atoms with Crippen LogP contribution in [-0.2, 0) is 23.1 Å². The summed E-state index contributed by atoms with van der Waals surface area (Å²) in [5.74, 6) is 0.0413. The molecular weight excluding hydrogens is 435 g/mol. The third kappa shape index (κ3) is 13.0. The lowest BCUT2D eigenvalue weighted by Gasteiger charge is -2.17. The molecule has 0 spiro atoms. The maximum Gasteiger partial charge on any atom is 0.378 e. The third-order valence-corrected chi connectivity index (χ3v) is 8.82. The van der Waals surface area contributed by atoms with Gasteiger partial charge < -0.3 is 13.8 Å². The predicted octanol–water partition coefficient (Wildman–Crippen LogP) is 8.96. The quantitative estimate of drug-likeness (QED) is 0.104. The largest absolute Gasteiger partial charge is 0.466 e. The number of methoxy groups -OCH3 is 1. The highest BCUT2D eigenvalue weighted by Gasteiger charge is 2.35. The average molecular weight is 487 g/mol. The van der Waals surface area contributed by atoms with Gasteiger partial charge in [0.05, 0.1) is 18.8 Å². The van der Waals surface area contributed by atoms with Crippen LogP contribution >= 0.6 is 7.60 Å². The molecule has 6 heteroatoms. The molecule has 0 unspecified atom stereocenters. The van der Waals surface area contributed by atoms with Crippen LogP contribution in [0.25, 0.3) is 0 Å². The Balaban J connectivity index is 2.13. The van der Waals surface area contributed by atoms with E-state index in [0.29, 0.717) is 23.9 Å². The van der Waals surface area contributed by atoms with Crippen LogP contribution in [0.4, 0.5) is 0 Å². The van der Waals surface area contributed by atoms with E-state index in [9.17, 15) is 9.36 Å². The van der Waals surface area contributed by atoms with E-state index in [2.05, 4.69) is 6.92 Å². The zero-order valence-corrected chi connectivity index (χ0v) is 22.9. The summed E-state index contributed by atoms with van der Waals surface area (Å²) >= 11 is 0. The molecule has 0 aliphatic carbocycles. The van der Waals surface area contributed by atoms with Crippen LogP contribution in [-0.4, -0.2) is 26.4 Å². The summed E-state index contributed by atoms with van der Waals surface area (Å²) < 4.78 is 28.3. The third-order valence-electron chi connectivity index (χ3n) is 6.90. The zero-order valence-electron chi connectivity index (χ0n) is 22.0. The van der Waals surface area contributed by atoms with Crippen molar-refractivity contribution in [3.8, 4) is 0 Å². The van der Waals surface area contributed by atoms with Crippen LogP contribution in [0.15, 0.2) is 11.3 Å². The first-order valence-electron chi connectivity index (χ1n) is 13.6. The van der Waals surface area contributed by atoms with Gasteiger partial charge in [-0.1, -0.05) is 110 Å². The number of allylic oxidation sites excluding steroid dienone is 1. The second-order valence-electron chi connectivity index (χ2n) is 9.65. The fourth-order valence-electron chi connectivity index (χ4n) is 4.83. The molecule has 5 nitrogen and oxygen atoms in total. The first kappa shape index (κ1) is 30.2. The van der Waals surface area contributed by atoms with Gasteiger partial charge in [-0.3, -0.25) is 0 Å². The number of unbranched alkanes of at least 4 members (excludes halogenated alkanes) is 15. The van der Waals surface area contributed by atoms with E-state index in [1.165, 1.54) is 111 Å². The summed E-state index contributed by atoms with van der Waals surface area (Å²) in [7, 11) is -0.372. The van der Waals surface area contributed by atoms with Gasteiger partial charge in [0.25, 0.3) is 0 Å². The van der Waals surface area contributed by atoms with Crippen molar-refractivity contribution >= 4 is 13.6 Å². The lowest BCUT2D eigenvalue weighted by molar-refractivity contribution is -0.137. The maximum atomic E-state index is 12.6. The topological polar surface area (TPSA) is 61.8 Å². The molecule has 33 heavy (non-hydrogen) atoms. The Kier molecular flexibility index (Phi) is 17.0. The van der Waals surface area contributed by atoms with Crippen molar-refractivity contribution in [2.45, 2.75) is 129 Å². The van der Waals surface area contributed by atoms with Crippen LogP contribution < -0.4 is 0 Å². The van der Waals surface area contributed by atoms with Gasteiger partial charge in [-0.2, -0.15) is 0 Å². The minimum atomic E-state index is -3.16. The number of rotatable bonds is 19. The molecule has 1 heterocycles. The second kappa shape index (κ2) is 18.5. The number of hydrogen-bond acceptors (Lipinski definition) is 5. The number of ether oxygens (including phenoxy) is 1. The molecule has 0 aromatic heterocycles. The van der Waals surface area contributed by atoms with Crippen molar-refractivity contribution < 1.29 is 23.1 Å². The zero-order chi connectivity index (χ0) is 24.4. The van der Waals surface area contributed by atoms with Crippen LogP contribution in [0, 0.1) is 5.92 Å². The molecule has 2 atom stereocenters. The molecule has 1 aliphatic rings. The van der Waals surface area contributed by atoms with Gasteiger partial charge in [-0.05, 0) is 25.7 Å². The van der Waals surface area contributed by atoms with Crippen LogP contribution in [0.5, 0.6) is 0 Å². The summed E-state index contributed by atoms with van der Waals surface area (Å²) in [6.07, 6.45) is 23.4. The number of esters is 1. The van der Waals surface area contributed by atoms with Gasteiger partial charge in [-0.25, -0.2) is 9.36 Å². The molecule has 0 N–H and O–H groups in total. The number of hydrogen-bond donors (Lipinski definition) is 0. The average Bonchev–Trinajstić information content (AvgIpc) is 2.94. The Morgan fingerprint density at radius 3 is 1.73 bits per heavy atom. The van der Waals surface area contributed by atoms with Crippen molar-refractivity contribution in [1.29, 1.82) is 0 Å². The second-order valence-corrected chi connectivity index (χ2v) is 11.9. The van der Waals surface area contributed by atoms with Crippen LogP contribution in [0.3, 0.4) is 0 Å². The minimum Gasteiger partial charge on any atom is -0.466 e. The van der Waals surface area contributed by atoms with E-state index in [1.807, 2.05) is 0 Å². The number of carbonyl (C=O) groups excluding carboxylic acids is 1. The van der Waals surface area contributed by atoms with Crippen molar-refractivity contribution in [3.63, 3.8) is 0 Å². The van der Waals surface area contributed by atoms with Gasteiger partial charge in [0, 0.05) is 7.11 Å². The molecule has 194 valence electrons. The molecule has 0 aromatic rings. The Labute approximate surface area is 203 Å². The smallest absolute Gasteiger partial charge is 0.378 e. The summed E-state index contributed by atoms with van der Waals surface area (Å²) in [6.45, 7) is 3.97. The van der Waals surface area contributed by atoms with Gasteiger partial charge in [0.2, 0.25) is 0 Å². The predicted molar refractivity (Wildman–Crippen MR) is 138 cm³/mol. The highest BCUT2D eigenvalue weighted by atomic mass is 31.2. The summed E-state index contributed by atoms with van der Waals surface area (Å²) in [4.78, 5) is 12.3. The Morgan fingerprint density at radius 2 is 1.30 bits per heavy atom. The molecule has 0 fully saturated rings. The van der Waals surface area contributed by atoms with E-state index >= 15 is 0 Å². The van der Waals surface area contributed by atoms with Gasteiger partial charge in [0.1, 0.15) is 5.76 Å². The lowest BCUT2D eigenvalue weighted by Crippen LogP contribution is -2.16. The van der Waals surface area contributed by atoms with Crippen molar-refractivity contribution in [2.24, 2.45) is 5.92 Å². The Hall–Kier alpha value is -0.800. The fraction of sp³-hybridized carbons (Fsp3) is 0.889. The van der Waals surface area contributed by atoms with E-state index < -0.39 is 7.60 Å². The lowest BCUT2D eigenvalue weighted by atomic mass is 9.89. The van der Waals surface area contributed by atoms with Crippen molar-refractivity contribution in [2.75, 3.05) is 20.4 Å². The number of carbonyl (C=O) groups is 1. The fourth-order valence-corrected chi connectivity index (χ4v) is 6.32. The van der Waals surface area contributed by atoms with Gasteiger partial charge >= 0.3 is 13.6 Å². The van der Waals surface area contributed by atoms with E-state index in [1.54, 1.807) is 6.92 Å². The molecule has 0 aromatic carbocycles. The maximum absolute atomic E-state index is 12.6. The monoisotopic (exact) mass is 486 g/mol. The summed E-state index contributed by atoms with van der Waals surface area (Å²) in [5.41, 5.74) is 0.535. The first-order valence-corrected chi connectivity index (χ1v) is 15.3. The molecule has 0 radical (unpaired) electrons. The highest BCUT2D eigenvalue weighted by molar-refractivity contribution is 7.53. The van der Waals surface area contributed by atoms with E-state index in [-0.39, 0.29) is 11.9 Å². The molecule has 0 saturated carbocycles. The molecule has 0 saturated heterocycles. The summed E-state index contributed by atoms with van der Waals surface area (Å²) in [5, 5.41) is 0. The normalized spacial score (nSPS) is 21.0.